The molecule has 1 amide bonds. The highest BCUT2D eigenvalue weighted by Gasteiger charge is 2.14. The number of amides is 1. The molecule has 28 heavy (non-hydrogen) atoms. The van der Waals surface area contributed by atoms with Crippen molar-refractivity contribution < 1.29 is 19.0 Å². The Morgan fingerprint density at radius 3 is 2.61 bits per heavy atom. The van der Waals surface area contributed by atoms with Crippen molar-refractivity contribution in [1.82, 2.24) is 4.98 Å². The topological polar surface area (TPSA) is 69.7 Å². The lowest BCUT2D eigenvalue weighted by Gasteiger charge is -2.12. The molecule has 146 valence electrons. The van der Waals surface area contributed by atoms with Gasteiger partial charge >= 0.3 is 0 Å². The van der Waals surface area contributed by atoms with Gasteiger partial charge in [0.05, 0.1) is 13.7 Å². The van der Waals surface area contributed by atoms with Crippen LogP contribution in [0.3, 0.4) is 0 Å². The minimum absolute atomic E-state index is 0.301. The Balaban J connectivity index is 1.72. The number of benzene rings is 2. The molecule has 0 saturated carbocycles. The minimum Gasteiger partial charge on any atom is -0.493 e. The van der Waals surface area contributed by atoms with E-state index in [-0.39, 0.29) is 5.91 Å². The standard InChI is InChI=1S/C20H19ClN2O4S/c1-25-9-10-27-18-11-15(7-8-17(18)26-2)22-19(24)16-12-28-20(23-16)13-3-5-14(21)6-4-13/h3-8,11-12H,9-10H2,1-2H3,(H,22,24). The van der Waals surface area contributed by atoms with Crippen molar-refractivity contribution in [2.45, 2.75) is 0 Å². The highest BCUT2D eigenvalue weighted by molar-refractivity contribution is 7.13. The Kier molecular flexibility index (Phi) is 6.86. The molecule has 1 N–H and O–H groups in total. The van der Waals surface area contributed by atoms with Crippen molar-refractivity contribution in [3.8, 4) is 22.1 Å². The number of halogens is 1. The van der Waals surface area contributed by atoms with Gasteiger partial charge in [-0.05, 0) is 24.3 Å². The Morgan fingerprint density at radius 2 is 1.89 bits per heavy atom. The van der Waals surface area contributed by atoms with E-state index in [1.807, 2.05) is 12.1 Å². The molecule has 6 nitrogen and oxygen atoms in total. The molecular formula is C20H19ClN2O4S. The monoisotopic (exact) mass is 418 g/mol. The second kappa shape index (κ2) is 9.54. The van der Waals surface area contributed by atoms with E-state index in [0.717, 1.165) is 10.6 Å². The van der Waals surface area contributed by atoms with Crippen molar-refractivity contribution in [3.05, 3.63) is 58.6 Å². The zero-order chi connectivity index (χ0) is 19.9. The Morgan fingerprint density at radius 1 is 1.11 bits per heavy atom. The largest absolute Gasteiger partial charge is 0.493 e. The van der Waals surface area contributed by atoms with Gasteiger partial charge in [-0.1, -0.05) is 23.7 Å². The van der Waals surface area contributed by atoms with Crippen LogP contribution in [0, 0.1) is 0 Å². The third-order valence-electron chi connectivity index (χ3n) is 3.79. The van der Waals surface area contributed by atoms with Crippen molar-refractivity contribution in [2.24, 2.45) is 0 Å². The van der Waals surface area contributed by atoms with Crippen LogP contribution in [-0.4, -0.2) is 38.3 Å². The molecule has 1 aromatic heterocycles. The first kappa shape index (κ1) is 20.1. The van der Waals surface area contributed by atoms with Gasteiger partial charge in [0.1, 0.15) is 17.3 Å². The van der Waals surface area contributed by atoms with Crippen molar-refractivity contribution in [3.63, 3.8) is 0 Å². The number of nitrogens with zero attached hydrogens (tertiary/aromatic N) is 1. The second-order valence-corrected chi connectivity index (χ2v) is 7.00. The number of aromatic nitrogens is 1. The van der Waals surface area contributed by atoms with E-state index in [9.17, 15) is 4.79 Å². The summed E-state index contributed by atoms with van der Waals surface area (Å²) in [5, 5.41) is 5.96. The maximum atomic E-state index is 12.6. The second-order valence-electron chi connectivity index (χ2n) is 5.71. The van der Waals surface area contributed by atoms with Crippen LogP contribution >= 0.6 is 22.9 Å². The van der Waals surface area contributed by atoms with Crippen LogP contribution in [-0.2, 0) is 4.74 Å². The molecule has 0 aliphatic carbocycles. The Bertz CT molecular complexity index is 944. The van der Waals surface area contributed by atoms with Gasteiger partial charge in [-0.15, -0.1) is 11.3 Å². The fourth-order valence-corrected chi connectivity index (χ4v) is 3.33. The van der Waals surface area contributed by atoms with Crippen molar-refractivity contribution in [1.29, 1.82) is 0 Å². The first-order valence-electron chi connectivity index (χ1n) is 8.43. The number of carbonyl (C=O) groups is 1. The third-order valence-corrected chi connectivity index (χ3v) is 4.94. The minimum atomic E-state index is -0.301. The lowest BCUT2D eigenvalue weighted by molar-refractivity contribution is 0.102. The molecule has 0 unspecified atom stereocenters. The normalized spacial score (nSPS) is 10.5. The number of carbonyl (C=O) groups excluding carboxylic acids is 1. The third kappa shape index (κ3) is 5.01. The van der Waals surface area contributed by atoms with Gasteiger partial charge in [0, 0.05) is 34.8 Å². The maximum Gasteiger partial charge on any atom is 0.275 e. The molecule has 0 atom stereocenters. The van der Waals surface area contributed by atoms with E-state index in [0.29, 0.717) is 41.1 Å². The summed E-state index contributed by atoms with van der Waals surface area (Å²) < 4.78 is 15.9. The van der Waals surface area contributed by atoms with Crippen LogP contribution in [0.25, 0.3) is 10.6 Å². The van der Waals surface area contributed by atoms with Gasteiger partial charge in [-0.25, -0.2) is 4.98 Å². The van der Waals surface area contributed by atoms with E-state index in [2.05, 4.69) is 10.3 Å². The molecule has 0 radical (unpaired) electrons. The van der Waals surface area contributed by atoms with E-state index in [4.69, 9.17) is 25.8 Å². The number of ether oxygens (including phenoxy) is 3. The smallest absolute Gasteiger partial charge is 0.275 e. The molecule has 3 rings (SSSR count). The average molecular weight is 419 g/mol. The van der Waals surface area contributed by atoms with Gasteiger partial charge in [-0.2, -0.15) is 0 Å². The van der Waals surface area contributed by atoms with Crippen molar-refractivity contribution in [2.75, 3.05) is 32.8 Å². The molecular weight excluding hydrogens is 400 g/mol. The number of rotatable bonds is 8. The van der Waals surface area contributed by atoms with Gasteiger partial charge in [0.2, 0.25) is 0 Å². The Labute approximate surface area is 172 Å². The molecule has 1 heterocycles. The maximum absolute atomic E-state index is 12.6. The van der Waals surface area contributed by atoms with Crippen LogP contribution in [0.4, 0.5) is 5.69 Å². The lowest BCUT2D eigenvalue weighted by Crippen LogP contribution is -2.12. The van der Waals surface area contributed by atoms with Gasteiger partial charge < -0.3 is 19.5 Å². The van der Waals surface area contributed by atoms with Gasteiger partial charge in [0.25, 0.3) is 5.91 Å². The summed E-state index contributed by atoms with van der Waals surface area (Å²) in [6, 6.07) is 12.5. The summed E-state index contributed by atoms with van der Waals surface area (Å²) in [5.41, 5.74) is 1.83. The summed E-state index contributed by atoms with van der Waals surface area (Å²) in [5.74, 6) is 0.801. The Hall–Kier alpha value is -2.61. The molecule has 0 aliphatic rings. The predicted molar refractivity (Wildman–Crippen MR) is 111 cm³/mol. The summed E-state index contributed by atoms with van der Waals surface area (Å²) in [6.07, 6.45) is 0. The van der Waals surface area contributed by atoms with Gasteiger partial charge in [0.15, 0.2) is 11.5 Å². The summed E-state index contributed by atoms with van der Waals surface area (Å²) in [4.78, 5) is 17.0. The number of thiazole rings is 1. The number of hydrogen-bond acceptors (Lipinski definition) is 6. The van der Waals surface area contributed by atoms with Crippen LogP contribution in [0.15, 0.2) is 47.8 Å². The summed E-state index contributed by atoms with van der Waals surface area (Å²) in [7, 11) is 3.16. The average Bonchev–Trinajstić information content (AvgIpc) is 3.19. The van der Waals surface area contributed by atoms with Crippen LogP contribution in [0.1, 0.15) is 10.5 Å². The van der Waals surface area contributed by atoms with E-state index >= 15 is 0 Å². The molecule has 2 aromatic carbocycles. The fourth-order valence-electron chi connectivity index (χ4n) is 2.40. The van der Waals surface area contributed by atoms with Crippen molar-refractivity contribution >= 4 is 34.5 Å². The molecule has 8 heteroatoms. The lowest BCUT2D eigenvalue weighted by atomic mass is 10.2. The molecule has 0 fully saturated rings. The molecule has 0 aliphatic heterocycles. The predicted octanol–water partition coefficient (Wildman–Crippen LogP) is 4.75. The van der Waals surface area contributed by atoms with E-state index < -0.39 is 0 Å². The number of nitrogens with one attached hydrogen (secondary N) is 1. The SMILES string of the molecule is COCCOc1cc(NC(=O)c2csc(-c3ccc(Cl)cc3)n2)ccc1OC. The first-order chi connectivity index (χ1) is 13.6. The van der Waals surface area contributed by atoms with E-state index in [1.165, 1.54) is 11.3 Å². The molecule has 0 saturated heterocycles. The summed E-state index contributed by atoms with van der Waals surface area (Å²) in [6.45, 7) is 0.826. The molecule has 0 spiro atoms. The molecule has 3 aromatic rings. The molecule has 0 bridgehead atoms. The number of anilines is 1. The quantitative estimate of drug-likeness (QED) is 0.534. The summed E-state index contributed by atoms with van der Waals surface area (Å²) >= 11 is 7.31. The zero-order valence-corrected chi connectivity index (χ0v) is 17.0. The van der Waals surface area contributed by atoms with E-state index in [1.54, 1.807) is 49.9 Å². The van der Waals surface area contributed by atoms with Crippen LogP contribution in [0.2, 0.25) is 5.02 Å². The highest BCUT2D eigenvalue weighted by atomic mass is 35.5. The number of hydrogen-bond donors (Lipinski definition) is 1. The van der Waals surface area contributed by atoms with Crippen LogP contribution < -0.4 is 14.8 Å². The first-order valence-corrected chi connectivity index (χ1v) is 9.69. The zero-order valence-electron chi connectivity index (χ0n) is 15.4. The fraction of sp³-hybridized carbons (Fsp3) is 0.200. The van der Waals surface area contributed by atoms with Crippen LogP contribution in [0.5, 0.6) is 11.5 Å². The number of methoxy groups -OCH3 is 2. The van der Waals surface area contributed by atoms with Gasteiger partial charge in [-0.3, -0.25) is 4.79 Å². The highest BCUT2D eigenvalue weighted by Crippen LogP contribution is 2.31.